The van der Waals surface area contributed by atoms with Crippen molar-refractivity contribution in [2.75, 3.05) is 26.2 Å². The molecule has 0 radical (unpaired) electrons. The van der Waals surface area contributed by atoms with Crippen LogP contribution in [0.25, 0.3) is 0 Å². The summed E-state index contributed by atoms with van der Waals surface area (Å²) in [6.07, 6.45) is 6.73. The summed E-state index contributed by atoms with van der Waals surface area (Å²) in [4.78, 5) is 2.41. The Labute approximate surface area is 106 Å². The largest absolute Gasteiger partial charge is 0.390 e. The Morgan fingerprint density at radius 3 is 2.76 bits per heavy atom. The van der Waals surface area contributed by atoms with Crippen LogP contribution in [0.5, 0.6) is 0 Å². The van der Waals surface area contributed by atoms with Gasteiger partial charge in [0.15, 0.2) is 0 Å². The fourth-order valence-electron chi connectivity index (χ4n) is 2.45. The van der Waals surface area contributed by atoms with Crippen LogP contribution in [0.2, 0.25) is 0 Å². The number of rotatable bonds is 8. The van der Waals surface area contributed by atoms with Gasteiger partial charge in [0.05, 0.1) is 18.8 Å². The van der Waals surface area contributed by atoms with Crippen LogP contribution < -0.4 is 0 Å². The molecule has 0 aliphatic carbocycles. The summed E-state index contributed by atoms with van der Waals surface area (Å²) in [5.41, 5.74) is 0. The Morgan fingerprint density at radius 2 is 2.06 bits per heavy atom. The lowest BCUT2D eigenvalue weighted by Gasteiger charge is -2.35. The number of hydrogen-bond acceptors (Lipinski definition) is 3. The normalized spacial score (nSPS) is 23.8. The van der Waals surface area contributed by atoms with Crippen molar-refractivity contribution in [3.05, 3.63) is 0 Å². The molecule has 17 heavy (non-hydrogen) atoms. The highest BCUT2D eigenvalue weighted by molar-refractivity contribution is 4.77. The van der Waals surface area contributed by atoms with Crippen LogP contribution in [-0.4, -0.2) is 48.5 Å². The van der Waals surface area contributed by atoms with E-state index in [0.29, 0.717) is 0 Å². The summed E-state index contributed by atoms with van der Waals surface area (Å²) in [5, 5.41) is 10.1. The molecule has 102 valence electrons. The van der Waals surface area contributed by atoms with Gasteiger partial charge in [-0.1, -0.05) is 39.5 Å². The number of morpholine rings is 1. The molecule has 1 N–H and O–H groups in total. The zero-order valence-corrected chi connectivity index (χ0v) is 11.5. The summed E-state index contributed by atoms with van der Waals surface area (Å²) >= 11 is 0. The van der Waals surface area contributed by atoms with Crippen LogP contribution in [-0.2, 0) is 4.74 Å². The molecule has 1 saturated heterocycles. The van der Waals surface area contributed by atoms with Gasteiger partial charge in [-0.05, 0) is 19.4 Å². The second-order valence-corrected chi connectivity index (χ2v) is 5.13. The molecule has 1 heterocycles. The lowest BCUT2D eigenvalue weighted by Crippen LogP contribution is -2.47. The maximum atomic E-state index is 10.1. The quantitative estimate of drug-likeness (QED) is 0.665. The van der Waals surface area contributed by atoms with Crippen LogP contribution in [0, 0.1) is 0 Å². The third kappa shape index (κ3) is 5.84. The van der Waals surface area contributed by atoms with E-state index in [0.717, 1.165) is 39.1 Å². The second-order valence-electron chi connectivity index (χ2n) is 5.13. The highest BCUT2D eigenvalue weighted by Gasteiger charge is 2.25. The highest BCUT2D eigenvalue weighted by Crippen LogP contribution is 2.14. The van der Waals surface area contributed by atoms with Crippen LogP contribution in [0.15, 0.2) is 0 Å². The van der Waals surface area contributed by atoms with E-state index in [9.17, 15) is 5.11 Å². The molecule has 0 amide bonds. The Hall–Kier alpha value is -0.120. The lowest BCUT2D eigenvalue weighted by molar-refractivity contribution is -0.0906. The first kappa shape index (κ1) is 14.9. The van der Waals surface area contributed by atoms with E-state index in [1.54, 1.807) is 0 Å². The summed E-state index contributed by atoms with van der Waals surface area (Å²) in [6, 6.07) is 0. The van der Waals surface area contributed by atoms with Crippen molar-refractivity contribution in [1.29, 1.82) is 0 Å². The zero-order valence-electron chi connectivity index (χ0n) is 11.5. The van der Waals surface area contributed by atoms with Gasteiger partial charge in [-0.3, -0.25) is 4.90 Å². The van der Waals surface area contributed by atoms with Gasteiger partial charge in [-0.15, -0.1) is 0 Å². The second kappa shape index (κ2) is 8.90. The first-order valence-electron chi connectivity index (χ1n) is 7.30. The van der Waals surface area contributed by atoms with Crippen LogP contribution in [0.1, 0.15) is 52.4 Å². The fraction of sp³-hybridized carbons (Fsp3) is 1.00. The molecule has 0 aromatic heterocycles. The number of aliphatic hydroxyl groups is 1. The number of aliphatic hydroxyl groups excluding tert-OH is 1. The van der Waals surface area contributed by atoms with Crippen LogP contribution in [0.3, 0.4) is 0 Å². The predicted octanol–water partition coefficient (Wildman–Crippen LogP) is 2.43. The third-order valence-corrected chi connectivity index (χ3v) is 3.50. The molecule has 3 nitrogen and oxygen atoms in total. The summed E-state index contributed by atoms with van der Waals surface area (Å²) in [7, 11) is 0. The summed E-state index contributed by atoms with van der Waals surface area (Å²) in [6.45, 7) is 8.24. The molecule has 1 aliphatic heterocycles. The molecule has 2 unspecified atom stereocenters. The fourth-order valence-corrected chi connectivity index (χ4v) is 2.45. The Balaban J connectivity index is 2.18. The molecule has 1 fully saturated rings. The first-order valence-corrected chi connectivity index (χ1v) is 7.30. The topological polar surface area (TPSA) is 32.7 Å². The van der Waals surface area contributed by atoms with Gasteiger partial charge in [0.1, 0.15) is 0 Å². The molecular weight excluding hydrogens is 214 g/mol. The number of unbranched alkanes of at least 4 members (excludes halogenated alkanes) is 3. The van der Waals surface area contributed by atoms with Gasteiger partial charge in [-0.2, -0.15) is 0 Å². The highest BCUT2D eigenvalue weighted by atomic mass is 16.5. The monoisotopic (exact) mass is 243 g/mol. The number of hydrogen-bond donors (Lipinski definition) is 1. The van der Waals surface area contributed by atoms with E-state index in [4.69, 9.17) is 4.74 Å². The Morgan fingerprint density at radius 1 is 1.24 bits per heavy atom. The molecule has 2 atom stereocenters. The molecule has 0 bridgehead atoms. The molecule has 1 aliphatic rings. The van der Waals surface area contributed by atoms with Crippen molar-refractivity contribution < 1.29 is 9.84 Å². The predicted molar refractivity (Wildman–Crippen MR) is 71.2 cm³/mol. The number of nitrogens with zero attached hydrogens (tertiary/aromatic N) is 1. The van der Waals surface area contributed by atoms with Crippen molar-refractivity contribution in [2.45, 2.75) is 64.6 Å². The minimum atomic E-state index is -0.272. The van der Waals surface area contributed by atoms with Gasteiger partial charge in [0.2, 0.25) is 0 Å². The standard InChI is InChI=1S/C14H29NO2/c1-3-5-6-7-8-13(16)14-12-15(9-4-2)10-11-17-14/h13-14,16H,3-12H2,1-2H3. The Bertz CT molecular complexity index is 185. The average Bonchev–Trinajstić information content (AvgIpc) is 2.35. The molecule has 0 spiro atoms. The molecule has 0 saturated carbocycles. The minimum Gasteiger partial charge on any atom is -0.390 e. The first-order chi connectivity index (χ1) is 8.27. The molecule has 0 aromatic carbocycles. The summed E-state index contributed by atoms with van der Waals surface area (Å²) < 4.78 is 5.68. The van der Waals surface area contributed by atoms with Crippen molar-refractivity contribution in [2.24, 2.45) is 0 Å². The maximum absolute atomic E-state index is 10.1. The van der Waals surface area contributed by atoms with Crippen LogP contribution >= 0.6 is 0 Å². The Kier molecular flexibility index (Phi) is 7.82. The molecule has 0 aromatic rings. The average molecular weight is 243 g/mol. The maximum Gasteiger partial charge on any atom is 0.0960 e. The van der Waals surface area contributed by atoms with Gasteiger partial charge >= 0.3 is 0 Å². The molecule has 3 heteroatoms. The SMILES string of the molecule is CCCCCCC(O)C1CN(CCC)CCO1. The molecule has 1 rings (SSSR count). The lowest BCUT2D eigenvalue weighted by atomic mass is 10.0. The van der Waals surface area contributed by atoms with E-state index < -0.39 is 0 Å². The van der Waals surface area contributed by atoms with Gasteiger partial charge in [-0.25, -0.2) is 0 Å². The van der Waals surface area contributed by atoms with E-state index in [1.165, 1.54) is 25.7 Å². The van der Waals surface area contributed by atoms with Crippen molar-refractivity contribution in [3.63, 3.8) is 0 Å². The van der Waals surface area contributed by atoms with Gasteiger partial charge in [0.25, 0.3) is 0 Å². The van der Waals surface area contributed by atoms with Crippen molar-refractivity contribution >= 4 is 0 Å². The smallest absolute Gasteiger partial charge is 0.0960 e. The van der Waals surface area contributed by atoms with E-state index in [-0.39, 0.29) is 12.2 Å². The van der Waals surface area contributed by atoms with Crippen LogP contribution in [0.4, 0.5) is 0 Å². The van der Waals surface area contributed by atoms with Gasteiger partial charge < -0.3 is 9.84 Å². The van der Waals surface area contributed by atoms with Gasteiger partial charge in [0, 0.05) is 13.1 Å². The van der Waals surface area contributed by atoms with E-state index >= 15 is 0 Å². The zero-order chi connectivity index (χ0) is 12.5. The molecular formula is C14H29NO2. The van der Waals surface area contributed by atoms with Crippen molar-refractivity contribution in [3.8, 4) is 0 Å². The van der Waals surface area contributed by atoms with E-state index in [1.807, 2.05) is 0 Å². The third-order valence-electron chi connectivity index (χ3n) is 3.50. The number of ether oxygens (including phenoxy) is 1. The minimum absolute atomic E-state index is 0.0388. The van der Waals surface area contributed by atoms with E-state index in [2.05, 4.69) is 18.7 Å². The summed E-state index contributed by atoms with van der Waals surface area (Å²) in [5.74, 6) is 0. The van der Waals surface area contributed by atoms with Crippen molar-refractivity contribution in [1.82, 2.24) is 4.90 Å².